The zero-order valence-corrected chi connectivity index (χ0v) is 7.51. The summed E-state index contributed by atoms with van der Waals surface area (Å²) in [6, 6.07) is 0. The van der Waals surface area contributed by atoms with E-state index in [1.54, 1.807) is 13.8 Å². The summed E-state index contributed by atoms with van der Waals surface area (Å²) >= 11 is 0. The Balaban J connectivity index is 4.31. The van der Waals surface area contributed by atoms with E-state index in [9.17, 15) is 9.59 Å². The van der Waals surface area contributed by atoms with Gasteiger partial charge in [0, 0.05) is 0 Å². The molecule has 0 atom stereocenters. The lowest BCUT2D eigenvalue weighted by molar-refractivity contribution is -0.148. The Bertz CT molecular complexity index is 208. The van der Waals surface area contributed by atoms with E-state index in [1.165, 1.54) is 7.11 Å². The van der Waals surface area contributed by atoms with Gasteiger partial charge in [-0.2, -0.15) is 0 Å². The molecule has 0 saturated heterocycles. The summed E-state index contributed by atoms with van der Waals surface area (Å²) in [7, 11) is 1.27. The van der Waals surface area contributed by atoms with Crippen molar-refractivity contribution in [2.45, 2.75) is 19.4 Å². The Hall–Kier alpha value is -1.32. The van der Waals surface area contributed by atoms with Crippen molar-refractivity contribution in [1.29, 1.82) is 0 Å². The highest BCUT2D eigenvalue weighted by molar-refractivity contribution is 5.92. The fraction of sp³-hybridized carbons (Fsp3) is 0.500. The lowest BCUT2D eigenvalue weighted by Gasteiger charge is -2.21. The van der Waals surface area contributed by atoms with E-state index >= 15 is 0 Å². The monoisotopic (exact) mass is 171 g/mol. The SMILES string of the molecule is C=CC(=O)NC(C)(C)C(=O)OC. The second-order valence-electron chi connectivity index (χ2n) is 2.81. The Morgan fingerprint density at radius 2 is 2.00 bits per heavy atom. The van der Waals surface area contributed by atoms with E-state index in [0.29, 0.717) is 0 Å². The first kappa shape index (κ1) is 10.7. The second kappa shape index (κ2) is 3.90. The van der Waals surface area contributed by atoms with Crippen molar-refractivity contribution >= 4 is 11.9 Å². The molecule has 12 heavy (non-hydrogen) atoms. The van der Waals surface area contributed by atoms with Gasteiger partial charge in [-0.25, -0.2) is 4.79 Å². The molecule has 0 radical (unpaired) electrons. The van der Waals surface area contributed by atoms with E-state index < -0.39 is 17.4 Å². The van der Waals surface area contributed by atoms with Crippen LogP contribution in [-0.4, -0.2) is 24.5 Å². The van der Waals surface area contributed by atoms with Crippen LogP contribution in [0.25, 0.3) is 0 Å². The zero-order chi connectivity index (χ0) is 9.78. The van der Waals surface area contributed by atoms with Crippen molar-refractivity contribution < 1.29 is 14.3 Å². The fourth-order valence-corrected chi connectivity index (χ4v) is 0.665. The summed E-state index contributed by atoms with van der Waals surface area (Å²) in [6.07, 6.45) is 1.10. The predicted octanol–water partition coefficient (Wildman–Crippen LogP) is 0.240. The lowest BCUT2D eigenvalue weighted by Crippen LogP contribution is -2.49. The molecule has 0 aromatic heterocycles. The summed E-state index contributed by atoms with van der Waals surface area (Å²) in [6.45, 7) is 6.38. The topological polar surface area (TPSA) is 55.4 Å². The summed E-state index contributed by atoms with van der Waals surface area (Å²) in [4.78, 5) is 21.8. The van der Waals surface area contributed by atoms with Crippen LogP contribution in [0.2, 0.25) is 0 Å². The Kier molecular flexibility index (Phi) is 3.47. The van der Waals surface area contributed by atoms with Gasteiger partial charge in [0.2, 0.25) is 5.91 Å². The van der Waals surface area contributed by atoms with Crippen LogP contribution in [0.4, 0.5) is 0 Å². The van der Waals surface area contributed by atoms with Gasteiger partial charge in [-0.05, 0) is 19.9 Å². The molecule has 0 aromatic carbocycles. The van der Waals surface area contributed by atoms with Crippen LogP contribution in [0, 0.1) is 0 Å². The van der Waals surface area contributed by atoms with E-state index in [2.05, 4.69) is 16.6 Å². The molecular weight excluding hydrogens is 158 g/mol. The average molecular weight is 171 g/mol. The first-order chi connectivity index (χ1) is 5.44. The van der Waals surface area contributed by atoms with Gasteiger partial charge in [0.05, 0.1) is 7.11 Å². The number of carbonyl (C=O) groups is 2. The molecule has 0 aliphatic carbocycles. The van der Waals surface area contributed by atoms with Crippen LogP contribution in [-0.2, 0) is 14.3 Å². The molecule has 0 bridgehead atoms. The summed E-state index contributed by atoms with van der Waals surface area (Å²) in [5, 5.41) is 2.43. The minimum atomic E-state index is -1.000. The molecule has 68 valence electrons. The quantitative estimate of drug-likeness (QED) is 0.489. The molecule has 0 aromatic rings. The summed E-state index contributed by atoms with van der Waals surface area (Å²) in [5.41, 5.74) is -1.000. The largest absolute Gasteiger partial charge is 0.467 e. The molecule has 0 heterocycles. The lowest BCUT2D eigenvalue weighted by atomic mass is 10.1. The molecule has 0 unspecified atom stereocenters. The Labute approximate surface area is 71.6 Å². The first-order valence-electron chi connectivity index (χ1n) is 3.47. The van der Waals surface area contributed by atoms with E-state index in [4.69, 9.17) is 0 Å². The number of methoxy groups -OCH3 is 1. The first-order valence-corrected chi connectivity index (χ1v) is 3.47. The molecule has 0 aliphatic heterocycles. The van der Waals surface area contributed by atoms with E-state index in [1.807, 2.05) is 0 Å². The average Bonchev–Trinajstić information content (AvgIpc) is 2.02. The third-order valence-corrected chi connectivity index (χ3v) is 1.32. The molecule has 0 aliphatic rings. The molecule has 1 amide bonds. The highest BCUT2D eigenvalue weighted by Gasteiger charge is 2.29. The number of carbonyl (C=O) groups excluding carboxylic acids is 2. The van der Waals surface area contributed by atoms with Crippen molar-refractivity contribution in [3.63, 3.8) is 0 Å². The van der Waals surface area contributed by atoms with Gasteiger partial charge < -0.3 is 10.1 Å². The van der Waals surface area contributed by atoms with Gasteiger partial charge in [-0.3, -0.25) is 4.79 Å². The number of hydrogen-bond donors (Lipinski definition) is 1. The molecule has 0 rings (SSSR count). The van der Waals surface area contributed by atoms with Crippen molar-refractivity contribution in [1.82, 2.24) is 5.32 Å². The molecule has 4 heteroatoms. The number of rotatable bonds is 3. The van der Waals surface area contributed by atoms with Crippen molar-refractivity contribution in [3.05, 3.63) is 12.7 Å². The Morgan fingerprint density at radius 1 is 1.50 bits per heavy atom. The minimum Gasteiger partial charge on any atom is -0.467 e. The highest BCUT2D eigenvalue weighted by atomic mass is 16.5. The maximum absolute atomic E-state index is 11.0. The van der Waals surface area contributed by atoms with Gasteiger partial charge in [0.25, 0.3) is 0 Å². The zero-order valence-electron chi connectivity index (χ0n) is 7.51. The van der Waals surface area contributed by atoms with E-state index in [0.717, 1.165) is 6.08 Å². The van der Waals surface area contributed by atoms with E-state index in [-0.39, 0.29) is 0 Å². The van der Waals surface area contributed by atoms with Gasteiger partial charge in [-0.15, -0.1) is 0 Å². The number of amides is 1. The Morgan fingerprint density at radius 3 is 2.33 bits per heavy atom. The van der Waals surface area contributed by atoms with Crippen LogP contribution in [0.5, 0.6) is 0 Å². The van der Waals surface area contributed by atoms with Gasteiger partial charge >= 0.3 is 5.97 Å². The van der Waals surface area contributed by atoms with Crippen molar-refractivity contribution in [3.8, 4) is 0 Å². The molecule has 0 saturated carbocycles. The summed E-state index contributed by atoms with van der Waals surface area (Å²) in [5.74, 6) is -0.886. The minimum absolute atomic E-state index is 0.398. The molecule has 0 fully saturated rings. The normalized spacial score (nSPS) is 10.2. The second-order valence-corrected chi connectivity index (χ2v) is 2.81. The van der Waals surface area contributed by atoms with Gasteiger partial charge in [-0.1, -0.05) is 6.58 Å². The van der Waals surface area contributed by atoms with Crippen LogP contribution >= 0.6 is 0 Å². The molecule has 4 nitrogen and oxygen atoms in total. The fourth-order valence-electron chi connectivity index (χ4n) is 0.665. The molecule has 1 N–H and O–H groups in total. The summed E-state index contributed by atoms with van der Waals surface area (Å²) < 4.78 is 4.47. The highest BCUT2D eigenvalue weighted by Crippen LogP contribution is 2.03. The number of hydrogen-bond acceptors (Lipinski definition) is 3. The van der Waals surface area contributed by atoms with Crippen LogP contribution < -0.4 is 5.32 Å². The smallest absolute Gasteiger partial charge is 0.330 e. The van der Waals surface area contributed by atoms with Crippen LogP contribution in [0.15, 0.2) is 12.7 Å². The number of ether oxygens (including phenoxy) is 1. The van der Waals surface area contributed by atoms with Crippen molar-refractivity contribution in [2.24, 2.45) is 0 Å². The third kappa shape index (κ3) is 2.74. The third-order valence-electron chi connectivity index (χ3n) is 1.32. The predicted molar refractivity (Wildman–Crippen MR) is 44.4 cm³/mol. The van der Waals surface area contributed by atoms with Gasteiger partial charge in [0.1, 0.15) is 5.54 Å². The number of esters is 1. The van der Waals surface area contributed by atoms with Gasteiger partial charge in [0.15, 0.2) is 0 Å². The molecular formula is C8H13NO3. The van der Waals surface area contributed by atoms with Crippen LogP contribution in [0.3, 0.4) is 0 Å². The maximum Gasteiger partial charge on any atom is 0.330 e. The molecule has 0 spiro atoms. The number of nitrogens with one attached hydrogen (secondary N) is 1. The standard InChI is InChI=1S/C8H13NO3/c1-5-6(10)9-8(2,3)7(11)12-4/h5H,1H2,2-4H3,(H,9,10). The van der Waals surface area contributed by atoms with Crippen LogP contribution in [0.1, 0.15) is 13.8 Å². The maximum atomic E-state index is 11.0. The van der Waals surface area contributed by atoms with Crippen molar-refractivity contribution in [2.75, 3.05) is 7.11 Å².